The van der Waals surface area contributed by atoms with Crippen molar-refractivity contribution in [3.8, 4) is 0 Å². The molecule has 0 saturated carbocycles. The fourth-order valence-corrected chi connectivity index (χ4v) is 8.64. The van der Waals surface area contributed by atoms with Crippen molar-refractivity contribution < 1.29 is 23.1 Å². The van der Waals surface area contributed by atoms with E-state index in [1.807, 2.05) is 42.3 Å². The maximum Gasteiger partial charge on any atom is 0.327 e. The van der Waals surface area contributed by atoms with Gasteiger partial charge in [-0.15, -0.1) is 11.3 Å². The molecule has 0 spiro atoms. The van der Waals surface area contributed by atoms with Gasteiger partial charge in [-0.3, -0.25) is 15.1 Å². The number of carboxylic acids is 1. The lowest BCUT2D eigenvalue weighted by Crippen LogP contribution is -2.58. The third kappa shape index (κ3) is 6.34. The van der Waals surface area contributed by atoms with Gasteiger partial charge >= 0.3 is 5.97 Å². The van der Waals surface area contributed by atoms with E-state index in [0.29, 0.717) is 32.8 Å². The largest absolute Gasteiger partial charge is 0.480 e. The van der Waals surface area contributed by atoms with Gasteiger partial charge in [0.2, 0.25) is 15.7 Å². The summed E-state index contributed by atoms with van der Waals surface area (Å²) >= 11 is 7.20. The lowest BCUT2D eigenvalue weighted by molar-refractivity contribution is -0.145. The van der Waals surface area contributed by atoms with Crippen LogP contribution in [-0.2, 0) is 25.8 Å². The highest BCUT2D eigenvalue weighted by Crippen LogP contribution is 2.39. The summed E-state index contributed by atoms with van der Waals surface area (Å²) in [5.41, 5.74) is 2.13. The van der Waals surface area contributed by atoms with Crippen molar-refractivity contribution in [2.24, 2.45) is 0 Å². The Bertz CT molecular complexity index is 1740. The number of hydrogen-bond donors (Lipinski definition) is 3. The Morgan fingerprint density at radius 2 is 1.86 bits per heavy atom. The number of thiophene rings is 1. The van der Waals surface area contributed by atoms with Gasteiger partial charge in [0, 0.05) is 35.4 Å². The molecule has 0 radical (unpaired) electrons. The number of fused-ring (bicyclic) bond motifs is 1. The van der Waals surface area contributed by atoms with Crippen LogP contribution in [0, 0.1) is 5.41 Å². The molecule has 0 bridgehead atoms. The molecule has 3 N–H and O–H groups in total. The number of nitrogens with one attached hydrogen (secondary N) is 2. The molecule has 218 valence electrons. The molecule has 12 heteroatoms. The lowest BCUT2D eigenvalue weighted by Gasteiger charge is -2.36. The topological polar surface area (TPSA) is 131 Å². The van der Waals surface area contributed by atoms with Crippen molar-refractivity contribution in [1.82, 2.24) is 15.1 Å². The van der Waals surface area contributed by atoms with E-state index in [1.165, 1.54) is 4.90 Å². The minimum Gasteiger partial charge on any atom is -0.480 e. The Labute approximate surface area is 252 Å². The Balaban J connectivity index is 1.46. The smallest absolute Gasteiger partial charge is 0.327 e. The number of halogens is 1. The molecule has 1 aliphatic heterocycles. The highest BCUT2D eigenvalue weighted by molar-refractivity contribution is 7.93. The number of nitrogens with zero attached hydrogens (tertiary/aromatic N) is 2. The quantitative estimate of drug-likeness (QED) is 0.186. The molecule has 1 fully saturated rings. The van der Waals surface area contributed by atoms with Gasteiger partial charge in [0.05, 0.1) is 6.54 Å². The zero-order valence-corrected chi connectivity index (χ0v) is 25.0. The molecule has 9 nitrogen and oxygen atoms in total. The lowest BCUT2D eigenvalue weighted by atomic mass is 10.1. The predicted molar refractivity (Wildman–Crippen MR) is 164 cm³/mol. The molecule has 42 heavy (non-hydrogen) atoms. The number of carboxylic acid groups (broad SMARTS) is 1. The molecule has 1 saturated heterocycles. The zero-order valence-electron chi connectivity index (χ0n) is 22.7. The summed E-state index contributed by atoms with van der Waals surface area (Å²) in [7, 11) is -2.29. The number of amides is 1. The van der Waals surface area contributed by atoms with E-state index in [0.717, 1.165) is 23.3 Å². The number of amidine groups is 1. The van der Waals surface area contributed by atoms with Crippen molar-refractivity contribution in [2.75, 3.05) is 26.7 Å². The van der Waals surface area contributed by atoms with E-state index in [-0.39, 0.29) is 23.1 Å². The summed E-state index contributed by atoms with van der Waals surface area (Å²) in [5.74, 6) is -1.54. The van der Waals surface area contributed by atoms with Gasteiger partial charge < -0.3 is 15.3 Å². The molecule has 1 aliphatic rings. The monoisotopic (exact) mass is 624 g/mol. The number of piperazine rings is 1. The molecule has 4 aromatic rings. The van der Waals surface area contributed by atoms with Gasteiger partial charge in [0.15, 0.2) is 0 Å². The number of carbonyl (C=O) groups excluding carboxylic acids is 1. The van der Waals surface area contributed by atoms with Crippen LogP contribution in [0.4, 0.5) is 0 Å². The number of carbonyl (C=O) groups is 2. The van der Waals surface area contributed by atoms with E-state index in [4.69, 9.17) is 17.0 Å². The molecule has 1 amide bonds. The van der Waals surface area contributed by atoms with E-state index in [9.17, 15) is 23.1 Å². The Hall–Kier alpha value is -3.77. The number of rotatable bonds is 9. The van der Waals surface area contributed by atoms with Gasteiger partial charge in [-0.05, 0) is 41.1 Å². The van der Waals surface area contributed by atoms with Crippen LogP contribution in [0.3, 0.4) is 0 Å². The average Bonchev–Trinajstić information content (AvgIpc) is 3.40. The van der Waals surface area contributed by atoms with Crippen LogP contribution in [-0.4, -0.2) is 73.8 Å². The van der Waals surface area contributed by atoms with Crippen LogP contribution in [0.2, 0.25) is 5.02 Å². The van der Waals surface area contributed by atoms with Crippen LogP contribution in [0.5, 0.6) is 0 Å². The molecule has 1 aromatic heterocycles. The summed E-state index contributed by atoms with van der Waals surface area (Å²) in [4.78, 5) is 27.5. The van der Waals surface area contributed by atoms with E-state index >= 15 is 0 Å². The second-order valence-electron chi connectivity index (χ2n) is 10.2. The van der Waals surface area contributed by atoms with Crippen molar-refractivity contribution in [3.05, 3.63) is 101 Å². The normalized spacial score (nSPS) is 16.6. The third-order valence-corrected chi connectivity index (χ3v) is 11.1. The second-order valence-corrected chi connectivity index (χ2v) is 13.9. The van der Waals surface area contributed by atoms with E-state index < -0.39 is 33.1 Å². The first-order valence-corrected chi connectivity index (χ1v) is 15.9. The van der Waals surface area contributed by atoms with Crippen LogP contribution in [0.25, 0.3) is 10.1 Å². The summed E-state index contributed by atoms with van der Waals surface area (Å²) in [6.45, 7) is 0.142. The Morgan fingerprint density at radius 1 is 1.14 bits per heavy atom. The van der Waals surface area contributed by atoms with Gasteiger partial charge in [-0.1, -0.05) is 72.3 Å². The number of aliphatic carboxylic acids is 1. The standard InChI is InChI=1S/C30H29ClN4O5S2/c1-34(14-13-19-5-3-2-4-6-19)28(32)20-7-9-21(10-8-20)29(35-17-24(30(37)38)33-26(36)18-35)42(39,40)27-15-22-11-12-23(31)16-25(22)41-27/h2-12,15-16,24,29,32H,13-14,17-18H2,1H3,(H,33,36)(H,37,38)/t24-,29?/m1/s1. The minimum absolute atomic E-state index is 0.0834. The zero-order chi connectivity index (χ0) is 30.0. The minimum atomic E-state index is -4.13. The molecular weight excluding hydrogens is 596 g/mol. The number of hydrogen-bond acceptors (Lipinski definition) is 7. The van der Waals surface area contributed by atoms with Crippen molar-refractivity contribution >= 4 is 60.6 Å². The molecule has 2 atom stereocenters. The van der Waals surface area contributed by atoms with Crippen LogP contribution in [0.15, 0.2) is 83.1 Å². The van der Waals surface area contributed by atoms with E-state index in [2.05, 4.69) is 5.32 Å². The number of sulfone groups is 1. The maximum atomic E-state index is 14.2. The summed E-state index contributed by atoms with van der Waals surface area (Å²) in [5, 5.41) is 20.6. The van der Waals surface area contributed by atoms with Crippen LogP contribution >= 0.6 is 22.9 Å². The molecular formula is C30H29ClN4O5S2. The fourth-order valence-electron chi connectivity index (χ4n) is 4.98. The highest BCUT2D eigenvalue weighted by Gasteiger charge is 2.41. The van der Waals surface area contributed by atoms with Gasteiger partial charge in [0.1, 0.15) is 21.5 Å². The first kappa shape index (κ1) is 29.7. The predicted octanol–water partition coefficient (Wildman–Crippen LogP) is 4.41. The average molecular weight is 625 g/mol. The summed E-state index contributed by atoms with van der Waals surface area (Å²) < 4.78 is 29.2. The second kappa shape index (κ2) is 12.2. The van der Waals surface area contributed by atoms with Crippen molar-refractivity contribution in [2.45, 2.75) is 22.0 Å². The number of likely N-dealkylation sites (N-methyl/N-ethyl adjacent to an activating group) is 1. The van der Waals surface area contributed by atoms with E-state index in [1.54, 1.807) is 48.5 Å². The molecule has 2 heterocycles. The van der Waals surface area contributed by atoms with Crippen LogP contribution in [0.1, 0.15) is 22.1 Å². The van der Waals surface area contributed by atoms with Crippen LogP contribution < -0.4 is 5.32 Å². The molecule has 3 aromatic carbocycles. The molecule has 5 rings (SSSR count). The van der Waals surface area contributed by atoms with Crippen molar-refractivity contribution in [3.63, 3.8) is 0 Å². The Morgan fingerprint density at radius 3 is 2.55 bits per heavy atom. The third-order valence-electron chi connectivity index (χ3n) is 7.19. The first-order valence-electron chi connectivity index (χ1n) is 13.2. The summed E-state index contributed by atoms with van der Waals surface area (Å²) in [6.07, 6.45) is 0.764. The summed E-state index contributed by atoms with van der Waals surface area (Å²) in [6, 6.07) is 22.0. The van der Waals surface area contributed by atoms with Crippen molar-refractivity contribution in [1.29, 1.82) is 5.41 Å². The highest BCUT2D eigenvalue weighted by atomic mass is 35.5. The Kier molecular flexibility index (Phi) is 8.65. The van der Waals surface area contributed by atoms with Gasteiger partial charge in [-0.2, -0.15) is 0 Å². The van der Waals surface area contributed by atoms with Gasteiger partial charge in [-0.25, -0.2) is 13.2 Å². The molecule has 0 aliphatic carbocycles. The maximum absolute atomic E-state index is 14.2. The van der Waals surface area contributed by atoms with Gasteiger partial charge in [0.25, 0.3) is 0 Å². The SMILES string of the molecule is CN(CCc1ccccc1)C(=N)c1ccc(C(N2CC(=O)N[C@@H](C(=O)O)C2)S(=O)(=O)c2cc3ccc(Cl)cc3s2)cc1. The fraction of sp³-hybridized carbons (Fsp3) is 0.233. The molecule has 1 unspecified atom stereocenters. The number of benzene rings is 3. The first-order chi connectivity index (χ1) is 20.0.